The van der Waals surface area contributed by atoms with Crippen molar-refractivity contribution in [2.24, 2.45) is 5.41 Å². The molecule has 2 aliphatic rings. The van der Waals surface area contributed by atoms with Crippen LogP contribution in [0.25, 0.3) is 0 Å². The first-order valence-corrected chi connectivity index (χ1v) is 4.93. The van der Waals surface area contributed by atoms with Gasteiger partial charge in [0.1, 0.15) is 6.29 Å². The number of hydrogen-bond donors (Lipinski definition) is 0. The smallest absolute Gasteiger partial charge is 0.126 e. The van der Waals surface area contributed by atoms with Crippen molar-refractivity contribution >= 4 is 6.29 Å². The van der Waals surface area contributed by atoms with E-state index in [1.807, 2.05) is 13.8 Å². The van der Waals surface area contributed by atoms with E-state index in [9.17, 15) is 4.79 Å². The van der Waals surface area contributed by atoms with Crippen LogP contribution in [-0.4, -0.2) is 43.0 Å². The maximum absolute atomic E-state index is 10.8. The summed E-state index contributed by atoms with van der Waals surface area (Å²) in [5.41, 5.74) is -0.204. The molecule has 2 rings (SSSR count). The van der Waals surface area contributed by atoms with Gasteiger partial charge < -0.3 is 9.53 Å². The van der Waals surface area contributed by atoms with Gasteiger partial charge in [0.25, 0.3) is 0 Å². The number of nitrogens with zero attached hydrogens (tertiary/aromatic N) is 1. The third-order valence-electron chi connectivity index (χ3n) is 2.94. The third-order valence-corrected chi connectivity index (χ3v) is 2.94. The minimum Gasteiger partial charge on any atom is -0.375 e. The molecule has 0 aromatic carbocycles. The highest BCUT2D eigenvalue weighted by molar-refractivity contribution is 5.58. The second-order valence-electron chi connectivity index (χ2n) is 4.88. The number of carbonyl (C=O) groups is 1. The first-order chi connectivity index (χ1) is 6.11. The van der Waals surface area contributed by atoms with Gasteiger partial charge in [-0.3, -0.25) is 4.90 Å². The summed E-state index contributed by atoms with van der Waals surface area (Å²) in [5, 5.41) is 0. The van der Waals surface area contributed by atoms with Crippen LogP contribution in [0.1, 0.15) is 20.3 Å². The van der Waals surface area contributed by atoms with Crippen LogP contribution in [0.3, 0.4) is 0 Å². The highest BCUT2D eigenvalue weighted by Crippen LogP contribution is 2.30. The summed E-state index contributed by atoms with van der Waals surface area (Å²) in [7, 11) is 0. The first kappa shape index (κ1) is 9.16. The van der Waals surface area contributed by atoms with Gasteiger partial charge >= 0.3 is 0 Å². The second-order valence-corrected chi connectivity index (χ2v) is 4.88. The summed E-state index contributed by atoms with van der Waals surface area (Å²) in [4.78, 5) is 13.2. The molecule has 74 valence electrons. The fraction of sp³-hybridized carbons (Fsp3) is 0.900. The van der Waals surface area contributed by atoms with E-state index >= 15 is 0 Å². The van der Waals surface area contributed by atoms with Crippen LogP contribution in [0.4, 0.5) is 0 Å². The van der Waals surface area contributed by atoms with Gasteiger partial charge in [-0.05, 0) is 6.42 Å². The number of ether oxygens (including phenoxy) is 1. The minimum absolute atomic E-state index is 0.204. The minimum atomic E-state index is -0.204. The normalized spacial score (nSPS) is 34.0. The highest BCUT2D eigenvalue weighted by Gasteiger charge is 2.40. The fourth-order valence-corrected chi connectivity index (χ4v) is 2.23. The number of carbonyl (C=O) groups excluding carboxylic acids is 1. The number of rotatable bonds is 3. The van der Waals surface area contributed by atoms with Crippen LogP contribution >= 0.6 is 0 Å². The van der Waals surface area contributed by atoms with Crippen LogP contribution in [0.15, 0.2) is 0 Å². The first-order valence-electron chi connectivity index (χ1n) is 4.93. The summed E-state index contributed by atoms with van der Waals surface area (Å²) in [6.45, 7) is 6.74. The molecule has 0 amide bonds. The van der Waals surface area contributed by atoms with Gasteiger partial charge in [-0.25, -0.2) is 0 Å². The summed E-state index contributed by atoms with van der Waals surface area (Å²) >= 11 is 0. The van der Waals surface area contributed by atoms with Crippen molar-refractivity contribution in [3.63, 3.8) is 0 Å². The van der Waals surface area contributed by atoms with E-state index < -0.39 is 0 Å². The van der Waals surface area contributed by atoms with Crippen molar-refractivity contribution in [3.05, 3.63) is 0 Å². The predicted molar refractivity (Wildman–Crippen MR) is 49.6 cm³/mol. The Kier molecular flexibility index (Phi) is 2.16. The molecular weight excluding hydrogens is 166 g/mol. The van der Waals surface area contributed by atoms with Crippen molar-refractivity contribution in [2.75, 3.05) is 19.7 Å². The summed E-state index contributed by atoms with van der Waals surface area (Å²) in [6.07, 6.45) is 2.65. The van der Waals surface area contributed by atoms with Gasteiger partial charge in [0.2, 0.25) is 0 Å². The molecule has 0 N–H and O–H groups in total. The molecule has 3 nitrogen and oxygen atoms in total. The second kappa shape index (κ2) is 3.07. The highest BCUT2D eigenvalue weighted by atomic mass is 16.5. The van der Waals surface area contributed by atoms with Crippen molar-refractivity contribution in [1.29, 1.82) is 0 Å². The zero-order valence-electron chi connectivity index (χ0n) is 8.32. The average Bonchev–Trinajstić information content (AvgIpc) is 2.64. The molecule has 2 aliphatic heterocycles. The molecule has 0 aliphatic carbocycles. The quantitative estimate of drug-likeness (QED) is 0.603. The molecule has 2 heterocycles. The molecule has 2 atom stereocenters. The van der Waals surface area contributed by atoms with Crippen LogP contribution in [0.2, 0.25) is 0 Å². The largest absolute Gasteiger partial charge is 0.375 e. The van der Waals surface area contributed by atoms with Crippen molar-refractivity contribution in [1.82, 2.24) is 4.90 Å². The van der Waals surface area contributed by atoms with E-state index in [0.29, 0.717) is 12.1 Å². The van der Waals surface area contributed by atoms with Gasteiger partial charge in [-0.15, -0.1) is 0 Å². The molecule has 0 saturated carbocycles. The Morgan fingerprint density at radius 3 is 2.85 bits per heavy atom. The average molecular weight is 183 g/mol. The van der Waals surface area contributed by atoms with Gasteiger partial charge in [0, 0.05) is 24.5 Å². The van der Waals surface area contributed by atoms with E-state index in [-0.39, 0.29) is 5.41 Å². The predicted octanol–water partition coefficient (Wildman–Crippen LogP) is 0.685. The molecule has 2 saturated heterocycles. The Morgan fingerprint density at radius 1 is 1.62 bits per heavy atom. The summed E-state index contributed by atoms with van der Waals surface area (Å²) in [5.74, 6) is 0. The SMILES string of the molecule is CC(C)(C=O)CN1CC2CC1CO2. The number of likely N-dealkylation sites (tertiary alicyclic amines) is 1. The fourth-order valence-electron chi connectivity index (χ4n) is 2.23. The molecule has 0 radical (unpaired) electrons. The maximum atomic E-state index is 10.8. The Labute approximate surface area is 79.0 Å². The number of morpholine rings is 1. The zero-order valence-corrected chi connectivity index (χ0v) is 8.32. The maximum Gasteiger partial charge on any atom is 0.126 e. The van der Waals surface area contributed by atoms with Crippen LogP contribution < -0.4 is 0 Å². The Morgan fingerprint density at radius 2 is 2.38 bits per heavy atom. The van der Waals surface area contributed by atoms with Crippen LogP contribution in [0, 0.1) is 5.41 Å². The van der Waals surface area contributed by atoms with Crippen molar-refractivity contribution in [2.45, 2.75) is 32.4 Å². The van der Waals surface area contributed by atoms with Crippen molar-refractivity contribution in [3.8, 4) is 0 Å². The lowest BCUT2D eigenvalue weighted by Crippen LogP contribution is -2.43. The van der Waals surface area contributed by atoms with E-state index in [1.54, 1.807) is 0 Å². The Balaban J connectivity index is 1.93. The summed E-state index contributed by atoms with van der Waals surface area (Å²) < 4.78 is 5.50. The van der Waals surface area contributed by atoms with Crippen LogP contribution in [0.5, 0.6) is 0 Å². The third kappa shape index (κ3) is 1.76. The monoisotopic (exact) mass is 183 g/mol. The van der Waals surface area contributed by atoms with E-state index in [1.165, 1.54) is 0 Å². The molecule has 2 unspecified atom stereocenters. The molecule has 2 fully saturated rings. The van der Waals surface area contributed by atoms with E-state index in [4.69, 9.17) is 4.74 Å². The lowest BCUT2D eigenvalue weighted by atomic mass is 9.95. The standard InChI is InChI=1S/C10H17NO2/c1-10(2,7-12)6-11-4-9-3-8(11)5-13-9/h7-9H,3-6H2,1-2H3. The molecule has 0 aromatic rings. The molecule has 2 bridgehead atoms. The topological polar surface area (TPSA) is 29.5 Å². The molecule has 0 spiro atoms. The Hall–Kier alpha value is -0.410. The van der Waals surface area contributed by atoms with E-state index in [2.05, 4.69) is 4.90 Å². The van der Waals surface area contributed by atoms with Gasteiger partial charge in [0.15, 0.2) is 0 Å². The zero-order chi connectivity index (χ0) is 9.47. The molecule has 0 aromatic heterocycles. The number of fused-ring (bicyclic) bond motifs is 2. The van der Waals surface area contributed by atoms with Gasteiger partial charge in [-0.1, -0.05) is 13.8 Å². The molecule has 13 heavy (non-hydrogen) atoms. The molecule has 3 heteroatoms. The summed E-state index contributed by atoms with van der Waals surface area (Å²) in [6, 6.07) is 0.573. The number of hydrogen-bond acceptors (Lipinski definition) is 3. The van der Waals surface area contributed by atoms with Crippen LogP contribution in [-0.2, 0) is 9.53 Å². The van der Waals surface area contributed by atoms with E-state index in [0.717, 1.165) is 32.4 Å². The van der Waals surface area contributed by atoms with Crippen molar-refractivity contribution < 1.29 is 9.53 Å². The number of aldehydes is 1. The Bertz CT molecular complexity index is 215. The lowest BCUT2D eigenvalue weighted by Gasteiger charge is -2.31. The molecular formula is C10H17NO2. The lowest BCUT2D eigenvalue weighted by molar-refractivity contribution is -0.116. The van der Waals surface area contributed by atoms with Gasteiger partial charge in [0.05, 0.1) is 12.7 Å². The van der Waals surface area contributed by atoms with Gasteiger partial charge in [-0.2, -0.15) is 0 Å².